The van der Waals surface area contributed by atoms with E-state index in [9.17, 15) is 14.4 Å². The zero-order valence-corrected chi connectivity index (χ0v) is 17.4. The van der Waals surface area contributed by atoms with Crippen molar-refractivity contribution in [1.29, 1.82) is 0 Å². The Bertz CT molecular complexity index is 855. The number of morpholine rings is 1. The Labute approximate surface area is 178 Å². The van der Waals surface area contributed by atoms with Crippen LogP contribution in [0.25, 0.3) is 0 Å². The van der Waals surface area contributed by atoms with Gasteiger partial charge in [-0.15, -0.1) is 11.8 Å². The van der Waals surface area contributed by atoms with Crippen molar-refractivity contribution < 1.29 is 28.6 Å². The molecule has 0 spiro atoms. The number of benzene rings is 1. The minimum Gasteiger partial charge on any atom is -0.484 e. The lowest BCUT2D eigenvalue weighted by molar-refractivity contribution is -0.152. The molecule has 9 nitrogen and oxygen atoms in total. The third kappa shape index (κ3) is 3.97. The predicted molar refractivity (Wildman–Crippen MR) is 108 cm³/mol. The predicted octanol–water partition coefficient (Wildman–Crippen LogP) is 0.182. The molecular formula is C20H23N3O6S. The lowest BCUT2D eigenvalue weighted by Crippen LogP contribution is -2.71. The van der Waals surface area contributed by atoms with Crippen LogP contribution in [0.15, 0.2) is 41.7 Å². The van der Waals surface area contributed by atoms with Gasteiger partial charge < -0.3 is 24.4 Å². The number of ether oxygens (including phenoxy) is 3. The summed E-state index contributed by atoms with van der Waals surface area (Å²) in [5.74, 6) is -0.141. The SMILES string of the molecule is COC(=O)C1=C(N2CCOCC2)CS[C@H]2[C@H](NC(=O)COc3ccccc3)C(=O)N12. The number of nitrogens with one attached hydrogen (secondary N) is 1. The Morgan fingerprint density at radius 3 is 2.67 bits per heavy atom. The summed E-state index contributed by atoms with van der Waals surface area (Å²) in [5, 5.41) is 2.37. The summed E-state index contributed by atoms with van der Waals surface area (Å²) in [4.78, 5) is 41.1. The van der Waals surface area contributed by atoms with Crippen LogP contribution >= 0.6 is 11.8 Å². The summed E-state index contributed by atoms with van der Waals surface area (Å²) < 4.78 is 15.8. The largest absolute Gasteiger partial charge is 0.484 e. The van der Waals surface area contributed by atoms with Crippen LogP contribution in [0.4, 0.5) is 0 Å². The maximum absolute atomic E-state index is 12.8. The number of rotatable bonds is 6. The van der Waals surface area contributed by atoms with E-state index in [1.807, 2.05) is 18.2 Å². The normalized spacial score (nSPS) is 23.4. The van der Waals surface area contributed by atoms with Gasteiger partial charge in [0.1, 0.15) is 17.2 Å². The third-order valence-electron chi connectivity index (χ3n) is 5.15. The van der Waals surface area contributed by atoms with Gasteiger partial charge in [0.25, 0.3) is 11.8 Å². The number of nitrogens with zero attached hydrogens (tertiary/aromatic N) is 2. The zero-order valence-electron chi connectivity index (χ0n) is 16.5. The van der Waals surface area contributed by atoms with E-state index < -0.39 is 12.0 Å². The number of β-lactam (4-membered cyclic amide) rings is 1. The Kier molecular flexibility index (Phi) is 6.14. The van der Waals surface area contributed by atoms with Gasteiger partial charge in [-0.25, -0.2) is 4.79 Å². The maximum Gasteiger partial charge on any atom is 0.356 e. The van der Waals surface area contributed by atoms with Crippen molar-refractivity contribution in [3.05, 3.63) is 41.7 Å². The second kappa shape index (κ2) is 8.97. The number of carbonyl (C=O) groups is 3. The highest BCUT2D eigenvalue weighted by molar-refractivity contribution is 8.00. The molecule has 0 aliphatic carbocycles. The minimum absolute atomic E-state index is 0.191. The van der Waals surface area contributed by atoms with Crippen LogP contribution in [0.2, 0.25) is 0 Å². The van der Waals surface area contributed by atoms with Crippen LogP contribution in [0.3, 0.4) is 0 Å². The van der Waals surface area contributed by atoms with Gasteiger partial charge in [-0.2, -0.15) is 0 Å². The van der Waals surface area contributed by atoms with Crippen LogP contribution in [0, 0.1) is 0 Å². The van der Waals surface area contributed by atoms with Gasteiger partial charge in [0.15, 0.2) is 12.3 Å². The summed E-state index contributed by atoms with van der Waals surface area (Å²) >= 11 is 1.52. The molecule has 1 N–H and O–H groups in total. The molecule has 30 heavy (non-hydrogen) atoms. The molecule has 1 aromatic rings. The fourth-order valence-electron chi connectivity index (χ4n) is 3.64. The Hall–Kier alpha value is -2.72. The molecule has 0 aromatic heterocycles. The molecule has 10 heteroatoms. The molecule has 2 saturated heterocycles. The molecule has 0 radical (unpaired) electrons. The first-order chi connectivity index (χ1) is 14.6. The number of esters is 1. The number of amides is 2. The second-order valence-electron chi connectivity index (χ2n) is 6.94. The third-order valence-corrected chi connectivity index (χ3v) is 6.41. The average molecular weight is 433 g/mol. The van der Waals surface area contributed by atoms with E-state index in [-0.39, 0.29) is 29.5 Å². The molecule has 4 rings (SSSR count). The van der Waals surface area contributed by atoms with E-state index in [2.05, 4.69) is 10.2 Å². The van der Waals surface area contributed by atoms with Gasteiger partial charge in [-0.05, 0) is 12.1 Å². The van der Waals surface area contributed by atoms with E-state index in [4.69, 9.17) is 14.2 Å². The molecular weight excluding hydrogens is 410 g/mol. The van der Waals surface area contributed by atoms with Crippen molar-refractivity contribution in [2.75, 3.05) is 45.8 Å². The van der Waals surface area contributed by atoms with Crippen molar-refractivity contribution in [3.63, 3.8) is 0 Å². The first-order valence-electron chi connectivity index (χ1n) is 9.66. The Balaban J connectivity index is 1.43. The zero-order chi connectivity index (χ0) is 21.1. The molecule has 3 aliphatic heterocycles. The van der Waals surface area contributed by atoms with Crippen LogP contribution < -0.4 is 10.1 Å². The standard InChI is InChI=1S/C20H23N3O6S/c1-27-20(26)17-14(22-7-9-28-10-8-22)12-30-19-16(18(25)23(17)19)21-15(24)11-29-13-5-3-2-4-6-13/h2-6,16,19H,7-12H2,1H3,(H,21,24)/t16-,19+/m1/s1. The van der Waals surface area contributed by atoms with Gasteiger partial charge in [0.2, 0.25) is 0 Å². The van der Waals surface area contributed by atoms with Crippen molar-refractivity contribution in [2.24, 2.45) is 0 Å². The molecule has 2 fully saturated rings. The lowest BCUT2D eigenvalue weighted by atomic mass is 10.0. The Morgan fingerprint density at radius 2 is 1.97 bits per heavy atom. The summed E-state index contributed by atoms with van der Waals surface area (Å²) in [5.41, 5.74) is 1.04. The molecule has 0 unspecified atom stereocenters. The van der Waals surface area contributed by atoms with Crippen LogP contribution in [-0.2, 0) is 23.9 Å². The lowest BCUT2D eigenvalue weighted by Gasteiger charge is -2.51. The molecule has 3 heterocycles. The van der Waals surface area contributed by atoms with Crippen molar-refractivity contribution in [2.45, 2.75) is 11.4 Å². The van der Waals surface area contributed by atoms with Gasteiger partial charge in [0, 0.05) is 18.8 Å². The molecule has 0 saturated carbocycles. The monoisotopic (exact) mass is 433 g/mol. The number of methoxy groups -OCH3 is 1. The Morgan fingerprint density at radius 1 is 1.23 bits per heavy atom. The molecule has 1 aromatic carbocycles. The van der Waals surface area contributed by atoms with Crippen LogP contribution in [0.1, 0.15) is 0 Å². The first kappa shape index (κ1) is 20.5. The number of fused-ring (bicyclic) bond motifs is 1. The average Bonchev–Trinajstić information content (AvgIpc) is 2.80. The highest BCUT2D eigenvalue weighted by Crippen LogP contribution is 2.41. The fraction of sp³-hybridized carbons (Fsp3) is 0.450. The second-order valence-corrected chi connectivity index (χ2v) is 8.05. The highest BCUT2D eigenvalue weighted by Gasteiger charge is 2.55. The molecule has 2 amide bonds. The quantitative estimate of drug-likeness (QED) is 0.501. The maximum atomic E-state index is 12.8. The van der Waals surface area contributed by atoms with Crippen LogP contribution in [0.5, 0.6) is 5.75 Å². The van der Waals surface area contributed by atoms with Gasteiger partial charge in [-0.1, -0.05) is 18.2 Å². The fourth-order valence-corrected chi connectivity index (χ4v) is 5.03. The van der Waals surface area contributed by atoms with E-state index in [1.54, 1.807) is 12.1 Å². The topological polar surface area (TPSA) is 97.4 Å². The first-order valence-corrected chi connectivity index (χ1v) is 10.7. The molecule has 160 valence electrons. The molecule has 3 aliphatic rings. The van der Waals surface area contributed by atoms with E-state index in [0.717, 1.165) is 5.70 Å². The van der Waals surface area contributed by atoms with Gasteiger partial charge in [0.05, 0.1) is 26.0 Å². The number of hydrogen-bond acceptors (Lipinski definition) is 8. The molecule has 0 bridgehead atoms. The number of thioether (sulfide) groups is 1. The van der Waals surface area contributed by atoms with Crippen molar-refractivity contribution in [1.82, 2.24) is 15.1 Å². The number of para-hydroxylation sites is 1. The van der Waals surface area contributed by atoms with E-state index in [1.165, 1.54) is 23.8 Å². The summed E-state index contributed by atoms with van der Waals surface area (Å²) in [6, 6.07) is 8.28. The highest BCUT2D eigenvalue weighted by atomic mass is 32.2. The number of carbonyl (C=O) groups excluding carboxylic acids is 3. The summed E-state index contributed by atoms with van der Waals surface area (Å²) in [6.07, 6.45) is 0. The van der Waals surface area contributed by atoms with Crippen LogP contribution in [-0.4, -0.2) is 84.8 Å². The van der Waals surface area contributed by atoms with Crippen molar-refractivity contribution in [3.8, 4) is 5.75 Å². The molecule has 2 atom stereocenters. The van der Waals surface area contributed by atoms with Crippen molar-refractivity contribution >= 4 is 29.5 Å². The van der Waals surface area contributed by atoms with E-state index in [0.29, 0.717) is 37.8 Å². The van der Waals surface area contributed by atoms with Gasteiger partial charge in [-0.3, -0.25) is 14.5 Å². The van der Waals surface area contributed by atoms with Gasteiger partial charge >= 0.3 is 5.97 Å². The summed E-state index contributed by atoms with van der Waals surface area (Å²) in [7, 11) is 1.30. The minimum atomic E-state index is -0.701. The number of hydrogen-bond donors (Lipinski definition) is 1. The smallest absolute Gasteiger partial charge is 0.356 e. The summed E-state index contributed by atoms with van der Waals surface area (Å²) in [6.45, 7) is 2.25. The van der Waals surface area contributed by atoms with E-state index >= 15 is 0 Å².